The van der Waals surface area contributed by atoms with Gasteiger partial charge in [-0.05, 0) is 49.4 Å². The molecular weight excluding hydrogens is 263 g/mol. The Kier molecular flexibility index (Phi) is 5.77. The van der Waals surface area contributed by atoms with Crippen molar-refractivity contribution in [3.8, 4) is 0 Å². The molecule has 0 aliphatic heterocycles. The van der Waals surface area contributed by atoms with Crippen molar-refractivity contribution in [2.24, 2.45) is 5.41 Å². The van der Waals surface area contributed by atoms with Gasteiger partial charge in [-0.15, -0.1) is 0 Å². The highest BCUT2D eigenvalue weighted by Gasteiger charge is 2.29. The summed E-state index contributed by atoms with van der Waals surface area (Å²) in [6, 6.07) is 7.62. The van der Waals surface area contributed by atoms with Gasteiger partial charge in [0.2, 0.25) is 0 Å². The topological polar surface area (TPSA) is 15.3 Å². The predicted molar refractivity (Wildman–Crippen MR) is 86.8 cm³/mol. The molecule has 0 amide bonds. The van der Waals surface area contributed by atoms with E-state index in [4.69, 9.17) is 0 Å². The SMILES string of the molecule is CCCC(C)(CNC1CC1)CN(C)Cc1ccc(F)cc1. The Morgan fingerprint density at radius 1 is 1.29 bits per heavy atom. The van der Waals surface area contributed by atoms with E-state index in [0.717, 1.165) is 25.7 Å². The fourth-order valence-corrected chi connectivity index (χ4v) is 3.11. The summed E-state index contributed by atoms with van der Waals surface area (Å²) < 4.78 is 13.0. The summed E-state index contributed by atoms with van der Waals surface area (Å²) in [7, 11) is 2.16. The van der Waals surface area contributed by atoms with Crippen LogP contribution in [0.1, 0.15) is 45.1 Å². The quantitative estimate of drug-likeness (QED) is 0.744. The van der Waals surface area contributed by atoms with Crippen LogP contribution in [0, 0.1) is 11.2 Å². The molecule has 1 saturated carbocycles. The highest BCUT2D eigenvalue weighted by atomic mass is 19.1. The fourth-order valence-electron chi connectivity index (χ4n) is 3.11. The van der Waals surface area contributed by atoms with Crippen molar-refractivity contribution in [1.29, 1.82) is 0 Å². The molecule has 1 fully saturated rings. The zero-order chi connectivity index (χ0) is 15.3. The molecule has 2 nitrogen and oxygen atoms in total. The van der Waals surface area contributed by atoms with E-state index in [1.807, 2.05) is 12.1 Å². The van der Waals surface area contributed by atoms with Crippen LogP contribution in [0.25, 0.3) is 0 Å². The van der Waals surface area contributed by atoms with Gasteiger partial charge in [0.25, 0.3) is 0 Å². The molecule has 0 heterocycles. The number of rotatable bonds is 9. The van der Waals surface area contributed by atoms with Crippen LogP contribution < -0.4 is 5.32 Å². The average molecular weight is 292 g/mol. The van der Waals surface area contributed by atoms with Crippen LogP contribution in [-0.2, 0) is 6.54 Å². The van der Waals surface area contributed by atoms with Crippen LogP contribution in [0.5, 0.6) is 0 Å². The van der Waals surface area contributed by atoms with E-state index in [-0.39, 0.29) is 5.82 Å². The molecule has 1 aromatic rings. The lowest BCUT2D eigenvalue weighted by atomic mass is 9.84. The third-order valence-corrected chi connectivity index (χ3v) is 4.27. The minimum atomic E-state index is -0.161. The molecule has 1 unspecified atom stereocenters. The zero-order valence-electron chi connectivity index (χ0n) is 13.7. The molecule has 0 spiro atoms. The molecule has 1 aliphatic rings. The van der Waals surface area contributed by atoms with Crippen LogP contribution in [0.4, 0.5) is 4.39 Å². The van der Waals surface area contributed by atoms with Gasteiger partial charge in [0, 0.05) is 25.7 Å². The van der Waals surface area contributed by atoms with Gasteiger partial charge in [-0.2, -0.15) is 0 Å². The second-order valence-corrected chi connectivity index (χ2v) is 7.01. The largest absolute Gasteiger partial charge is 0.313 e. The first-order chi connectivity index (χ1) is 10.0. The summed E-state index contributed by atoms with van der Waals surface area (Å²) in [5, 5.41) is 3.68. The Balaban J connectivity index is 1.86. The lowest BCUT2D eigenvalue weighted by Crippen LogP contribution is -2.41. The molecule has 0 saturated heterocycles. The predicted octanol–water partition coefficient (Wildman–Crippen LogP) is 3.82. The fraction of sp³-hybridized carbons (Fsp3) is 0.667. The number of nitrogens with zero attached hydrogens (tertiary/aromatic N) is 1. The van der Waals surface area contributed by atoms with Crippen molar-refractivity contribution >= 4 is 0 Å². The third kappa shape index (κ3) is 5.76. The summed E-state index contributed by atoms with van der Waals surface area (Å²) in [5.74, 6) is -0.161. The van der Waals surface area contributed by atoms with Crippen molar-refractivity contribution in [1.82, 2.24) is 10.2 Å². The maximum atomic E-state index is 13.0. The molecule has 2 rings (SSSR count). The third-order valence-electron chi connectivity index (χ3n) is 4.27. The number of hydrogen-bond acceptors (Lipinski definition) is 2. The number of halogens is 1. The monoisotopic (exact) mass is 292 g/mol. The van der Waals surface area contributed by atoms with Gasteiger partial charge in [0.15, 0.2) is 0 Å². The summed E-state index contributed by atoms with van der Waals surface area (Å²) in [4.78, 5) is 2.36. The lowest BCUT2D eigenvalue weighted by molar-refractivity contribution is 0.167. The first-order valence-electron chi connectivity index (χ1n) is 8.17. The Labute approximate surface area is 128 Å². The Bertz CT molecular complexity index is 427. The van der Waals surface area contributed by atoms with Crippen molar-refractivity contribution < 1.29 is 4.39 Å². The van der Waals surface area contributed by atoms with Gasteiger partial charge < -0.3 is 10.2 Å². The second-order valence-electron chi connectivity index (χ2n) is 7.01. The van der Waals surface area contributed by atoms with Gasteiger partial charge in [0.1, 0.15) is 5.82 Å². The molecule has 1 atom stereocenters. The van der Waals surface area contributed by atoms with E-state index in [0.29, 0.717) is 5.41 Å². The normalized spacial score (nSPS) is 18.0. The Morgan fingerprint density at radius 2 is 1.95 bits per heavy atom. The maximum absolute atomic E-state index is 13.0. The Morgan fingerprint density at radius 3 is 2.52 bits per heavy atom. The maximum Gasteiger partial charge on any atom is 0.123 e. The van der Waals surface area contributed by atoms with E-state index in [1.54, 1.807) is 12.1 Å². The van der Waals surface area contributed by atoms with E-state index < -0.39 is 0 Å². The van der Waals surface area contributed by atoms with Crippen LogP contribution in [0.3, 0.4) is 0 Å². The molecule has 1 aromatic carbocycles. The lowest BCUT2D eigenvalue weighted by Gasteiger charge is -2.34. The van der Waals surface area contributed by atoms with Gasteiger partial charge >= 0.3 is 0 Å². The molecule has 21 heavy (non-hydrogen) atoms. The van der Waals surface area contributed by atoms with E-state index in [1.165, 1.54) is 31.2 Å². The van der Waals surface area contributed by atoms with Crippen LogP contribution in [0.2, 0.25) is 0 Å². The van der Waals surface area contributed by atoms with Crippen molar-refractivity contribution in [3.05, 3.63) is 35.6 Å². The standard InChI is InChI=1S/C18H29FN2/c1-4-11-18(2,13-20-17-9-10-17)14-21(3)12-15-5-7-16(19)8-6-15/h5-8,17,20H,4,9-14H2,1-3H3. The average Bonchev–Trinajstić information content (AvgIpc) is 3.23. The molecule has 0 bridgehead atoms. The number of benzene rings is 1. The molecule has 3 heteroatoms. The van der Waals surface area contributed by atoms with Crippen LogP contribution in [0.15, 0.2) is 24.3 Å². The highest BCUT2D eigenvalue weighted by molar-refractivity contribution is 5.15. The smallest absolute Gasteiger partial charge is 0.123 e. The van der Waals surface area contributed by atoms with E-state index in [2.05, 4.69) is 31.1 Å². The van der Waals surface area contributed by atoms with Crippen molar-refractivity contribution in [2.75, 3.05) is 20.1 Å². The minimum Gasteiger partial charge on any atom is -0.313 e. The minimum absolute atomic E-state index is 0.161. The molecule has 0 radical (unpaired) electrons. The van der Waals surface area contributed by atoms with E-state index >= 15 is 0 Å². The molecule has 1 aliphatic carbocycles. The summed E-state index contributed by atoms with van der Waals surface area (Å²) in [6.07, 6.45) is 5.13. The second kappa shape index (κ2) is 7.37. The Hall–Kier alpha value is -0.930. The van der Waals surface area contributed by atoms with Crippen molar-refractivity contribution in [3.63, 3.8) is 0 Å². The highest BCUT2D eigenvalue weighted by Crippen LogP contribution is 2.27. The van der Waals surface area contributed by atoms with Crippen LogP contribution in [-0.4, -0.2) is 31.1 Å². The van der Waals surface area contributed by atoms with Gasteiger partial charge in [-0.1, -0.05) is 32.4 Å². The first kappa shape index (κ1) is 16.4. The molecule has 1 N–H and O–H groups in total. The molecule has 0 aromatic heterocycles. The van der Waals surface area contributed by atoms with Gasteiger partial charge in [-0.25, -0.2) is 4.39 Å². The zero-order valence-corrected chi connectivity index (χ0v) is 13.7. The molecule has 118 valence electrons. The summed E-state index contributed by atoms with van der Waals surface area (Å²) in [6.45, 7) is 7.68. The van der Waals surface area contributed by atoms with Gasteiger partial charge in [-0.3, -0.25) is 0 Å². The van der Waals surface area contributed by atoms with Crippen LogP contribution >= 0.6 is 0 Å². The first-order valence-corrected chi connectivity index (χ1v) is 8.17. The van der Waals surface area contributed by atoms with E-state index in [9.17, 15) is 4.39 Å². The summed E-state index contributed by atoms with van der Waals surface area (Å²) >= 11 is 0. The summed E-state index contributed by atoms with van der Waals surface area (Å²) in [5.41, 5.74) is 1.49. The van der Waals surface area contributed by atoms with Crippen molar-refractivity contribution in [2.45, 2.75) is 52.1 Å². The molecular formula is C18H29FN2. The number of nitrogens with one attached hydrogen (secondary N) is 1. The number of hydrogen-bond donors (Lipinski definition) is 1. The van der Waals surface area contributed by atoms with Gasteiger partial charge in [0.05, 0.1) is 0 Å².